The van der Waals surface area contributed by atoms with Crippen LogP contribution in [0.25, 0.3) is 0 Å². The molecule has 21 heavy (non-hydrogen) atoms. The van der Waals surface area contributed by atoms with E-state index >= 15 is 0 Å². The Bertz CT molecular complexity index is 508. The maximum atomic E-state index is 12.4. The van der Waals surface area contributed by atoms with Crippen LogP contribution in [0.3, 0.4) is 0 Å². The third-order valence-electron chi connectivity index (χ3n) is 3.96. The normalized spacial score (nSPS) is 21.9. The van der Waals surface area contributed by atoms with E-state index in [0.29, 0.717) is 16.5 Å². The quantitative estimate of drug-likeness (QED) is 0.836. The van der Waals surface area contributed by atoms with E-state index in [1.54, 1.807) is 17.0 Å². The predicted molar refractivity (Wildman–Crippen MR) is 83.9 cm³/mol. The molecular formula is C15H22ClN3O2. The molecule has 0 radical (unpaired) electrons. The summed E-state index contributed by atoms with van der Waals surface area (Å²) in [5.74, 6) is 0.635. The average Bonchev–Trinajstić information content (AvgIpc) is 2.47. The van der Waals surface area contributed by atoms with Gasteiger partial charge in [0, 0.05) is 38.2 Å². The molecule has 2 atom stereocenters. The van der Waals surface area contributed by atoms with Crippen LogP contribution < -0.4 is 10.2 Å². The largest absolute Gasteiger partial charge is 0.396 e. The molecule has 6 heteroatoms. The molecular weight excluding hydrogens is 290 g/mol. The van der Waals surface area contributed by atoms with Gasteiger partial charge in [0.25, 0.3) is 5.91 Å². The summed E-state index contributed by atoms with van der Waals surface area (Å²) in [7, 11) is 3.70. The lowest BCUT2D eigenvalue weighted by Crippen LogP contribution is -2.43. The summed E-state index contributed by atoms with van der Waals surface area (Å²) in [5.41, 5.74) is 0.501. The van der Waals surface area contributed by atoms with Crippen molar-refractivity contribution in [1.29, 1.82) is 0 Å². The zero-order valence-electron chi connectivity index (χ0n) is 12.5. The van der Waals surface area contributed by atoms with Crippen molar-refractivity contribution in [2.24, 2.45) is 5.92 Å². The molecule has 5 nitrogen and oxygen atoms in total. The Labute approximate surface area is 130 Å². The van der Waals surface area contributed by atoms with Crippen molar-refractivity contribution in [2.75, 3.05) is 25.6 Å². The maximum absolute atomic E-state index is 12.4. The molecule has 1 amide bonds. The van der Waals surface area contributed by atoms with Crippen LogP contribution in [0.1, 0.15) is 36.0 Å². The smallest absolute Gasteiger partial charge is 0.251 e. The molecule has 0 saturated heterocycles. The lowest BCUT2D eigenvalue weighted by atomic mass is 9.85. The number of halogens is 1. The van der Waals surface area contributed by atoms with Crippen molar-refractivity contribution in [2.45, 2.75) is 31.7 Å². The first-order valence-corrected chi connectivity index (χ1v) is 7.65. The van der Waals surface area contributed by atoms with Gasteiger partial charge in [-0.3, -0.25) is 4.79 Å². The SMILES string of the molecule is CN(C)c1cc(C(=O)NC2CCCCC2CO)cc(Cl)n1. The lowest BCUT2D eigenvalue weighted by Gasteiger charge is -2.30. The first kappa shape index (κ1) is 16.0. The Kier molecular flexibility index (Phi) is 5.42. The van der Waals surface area contributed by atoms with Crippen molar-refractivity contribution in [1.82, 2.24) is 10.3 Å². The van der Waals surface area contributed by atoms with Crippen molar-refractivity contribution in [3.05, 3.63) is 22.8 Å². The summed E-state index contributed by atoms with van der Waals surface area (Å²) in [5, 5.41) is 12.7. The predicted octanol–water partition coefficient (Wildman–Crippen LogP) is 2.08. The zero-order valence-corrected chi connectivity index (χ0v) is 13.2. The van der Waals surface area contributed by atoms with E-state index in [2.05, 4.69) is 10.3 Å². The van der Waals surface area contributed by atoms with Crippen LogP contribution in [-0.4, -0.2) is 42.7 Å². The van der Waals surface area contributed by atoms with Gasteiger partial charge in [-0.25, -0.2) is 4.98 Å². The van der Waals surface area contributed by atoms with Gasteiger partial charge in [0.05, 0.1) is 0 Å². The van der Waals surface area contributed by atoms with Gasteiger partial charge < -0.3 is 15.3 Å². The highest BCUT2D eigenvalue weighted by Gasteiger charge is 2.26. The van der Waals surface area contributed by atoms with Crippen molar-refractivity contribution >= 4 is 23.3 Å². The van der Waals surface area contributed by atoms with Gasteiger partial charge in [-0.1, -0.05) is 24.4 Å². The number of nitrogens with one attached hydrogen (secondary N) is 1. The van der Waals surface area contributed by atoms with Gasteiger partial charge in [0.1, 0.15) is 11.0 Å². The number of nitrogens with zero attached hydrogens (tertiary/aromatic N) is 2. The third kappa shape index (κ3) is 4.08. The van der Waals surface area contributed by atoms with Gasteiger partial charge in [-0.05, 0) is 25.0 Å². The van der Waals surface area contributed by atoms with E-state index in [4.69, 9.17) is 11.6 Å². The average molecular weight is 312 g/mol. The van der Waals surface area contributed by atoms with Crippen LogP contribution in [0.4, 0.5) is 5.82 Å². The molecule has 0 aromatic carbocycles. The number of aromatic nitrogens is 1. The molecule has 2 N–H and O–H groups in total. The second-order valence-corrected chi connectivity index (χ2v) is 6.13. The van der Waals surface area contributed by atoms with Gasteiger partial charge in [-0.15, -0.1) is 0 Å². The zero-order chi connectivity index (χ0) is 15.4. The Morgan fingerprint density at radius 3 is 2.81 bits per heavy atom. The van der Waals surface area contributed by atoms with Gasteiger partial charge in [-0.2, -0.15) is 0 Å². The monoisotopic (exact) mass is 311 g/mol. The lowest BCUT2D eigenvalue weighted by molar-refractivity contribution is 0.0872. The van der Waals surface area contributed by atoms with Crippen molar-refractivity contribution < 1.29 is 9.90 Å². The van der Waals surface area contributed by atoms with Crippen molar-refractivity contribution in [3.63, 3.8) is 0 Å². The minimum absolute atomic E-state index is 0.0333. The molecule has 1 heterocycles. The van der Waals surface area contributed by atoms with Crippen LogP contribution >= 0.6 is 11.6 Å². The summed E-state index contributed by atoms with van der Waals surface area (Å²) in [6.07, 6.45) is 4.07. The van der Waals surface area contributed by atoms with E-state index in [9.17, 15) is 9.90 Å². The summed E-state index contributed by atoms with van der Waals surface area (Å²) in [6.45, 7) is 0.116. The summed E-state index contributed by atoms with van der Waals surface area (Å²) < 4.78 is 0. The molecule has 2 rings (SSSR count). The Balaban J connectivity index is 2.12. The standard InChI is InChI=1S/C15H22ClN3O2/c1-19(2)14-8-11(7-13(16)18-14)15(21)17-12-6-4-3-5-10(12)9-20/h7-8,10,12,20H,3-6,9H2,1-2H3,(H,17,21). The molecule has 1 aromatic heterocycles. The maximum Gasteiger partial charge on any atom is 0.251 e. The molecule has 116 valence electrons. The molecule has 2 unspecified atom stereocenters. The first-order valence-electron chi connectivity index (χ1n) is 7.28. The minimum Gasteiger partial charge on any atom is -0.396 e. The molecule has 0 aliphatic heterocycles. The van der Waals surface area contributed by atoms with Crippen LogP contribution in [-0.2, 0) is 0 Å². The van der Waals surface area contributed by atoms with Crippen LogP contribution in [0.15, 0.2) is 12.1 Å². The fourth-order valence-electron chi connectivity index (χ4n) is 2.71. The number of hydrogen-bond acceptors (Lipinski definition) is 4. The second-order valence-electron chi connectivity index (χ2n) is 5.74. The number of rotatable bonds is 4. The summed E-state index contributed by atoms with van der Waals surface area (Å²) >= 11 is 5.98. The fraction of sp³-hybridized carbons (Fsp3) is 0.600. The first-order chi connectivity index (χ1) is 10.0. The number of pyridine rings is 1. The minimum atomic E-state index is -0.159. The molecule has 1 aliphatic carbocycles. The van der Waals surface area contributed by atoms with E-state index in [1.165, 1.54) is 0 Å². The second kappa shape index (κ2) is 7.09. The van der Waals surface area contributed by atoms with E-state index in [-0.39, 0.29) is 24.5 Å². The number of carbonyl (C=O) groups excluding carboxylic acids is 1. The number of hydrogen-bond donors (Lipinski definition) is 2. The molecule has 1 saturated carbocycles. The molecule has 1 fully saturated rings. The topological polar surface area (TPSA) is 65.5 Å². The highest BCUT2D eigenvalue weighted by molar-refractivity contribution is 6.29. The molecule has 1 aromatic rings. The van der Waals surface area contributed by atoms with Crippen LogP contribution in [0, 0.1) is 5.92 Å². The van der Waals surface area contributed by atoms with E-state index in [1.807, 2.05) is 14.1 Å². The molecule has 1 aliphatic rings. The third-order valence-corrected chi connectivity index (χ3v) is 4.15. The van der Waals surface area contributed by atoms with E-state index in [0.717, 1.165) is 25.7 Å². The van der Waals surface area contributed by atoms with Gasteiger partial charge >= 0.3 is 0 Å². The number of aliphatic hydroxyl groups excluding tert-OH is 1. The number of anilines is 1. The molecule has 0 spiro atoms. The molecule has 0 bridgehead atoms. The number of amides is 1. The Morgan fingerprint density at radius 2 is 2.14 bits per heavy atom. The van der Waals surface area contributed by atoms with Gasteiger partial charge in [0.15, 0.2) is 0 Å². The number of aliphatic hydroxyl groups is 1. The van der Waals surface area contributed by atoms with Crippen molar-refractivity contribution in [3.8, 4) is 0 Å². The summed E-state index contributed by atoms with van der Waals surface area (Å²) in [4.78, 5) is 18.4. The number of carbonyl (C=O) groups is 1. The fourth-order valence-corrected chi connectivity index (χ4v) is 2.92. The Morgan fingerprint density at radius 1 is 1.43 bits per heavy atom. The Hall–Kier alpha value is -1.33. The summed E-state index contributed by atoms with van der Waals surface area (Å²) in [6, 6.07) is 3.32. The van der Waals surface area contributed by atoms with E-state index < -0.39 is 0 Å². The highest BCUT2D eigenvalue weighted by atomic mass is 35.5. The van der Waals surface area contributed by atoms with Gasteiger partial charge in [0.2, 0.25) is 0 Å². The van der Waals surface area contributed by atoms with Crippen LogP contribution in [0.5, 0.6) is 0 Å². The highest BCUT2D eigenvalue weighted by Crippen LogP contribution is 2.24. The van der Waals surface area contributed by atoms with Crippen LogP contribution in [0.2, 0.25) is 5.15 Å².